The van der Waals surface area contributed by atoms with Gasteiger partial charge >= 0.3 is 0 Å². The summed E-state index contributed by atoms with van der Waals surface area (Å²) in [5, 5.41) is 7.51. The summed E-state index contributed by atoms with van der Waals surface area (Å²) in [7, 11) is 2.14. The van der Waals surface area contributed by atoms with E-state index in [9.17, 15) is 4.79 Å². The van der Waals surface area contributed by atoms with Gasteiger partial charge in [-0.25, -0.2) is 4.68 Å². The monoisotopic (exact) mass is 315 g/mol. The van der Waals surface area contributed by atoms with Crippen LogP contribution in [0.25, 0.3) is 0 Å². The van der Waals surface area contributed by atoms with Crippen molar-refractivity contribution >= 4 is 11.7 Å². The van der Waals surface area contributed by atoms with Crippen LogP contribution in [0.5, 0.6) is 0 Å². The molecule has 1 saturated heterocycles. The Hall–Kier alpha value is -2.08. The Morgan fingerprint density at radius 3 is 2.70 bits per heavy atom. The molecule has 0 aliphatic carbocycles. The predicted octanol–water partition coefficient (Wildman–Crippen LogP) is 2.54. The largest absolute Gasteiger partial charge is 0.342 e. The molecule has 1 N–H and O–H groups in total. The molecule has 2 aromatic heterocycles. The van der Waals surface area contributed by atoms with Crippen molar-refractivity contribution in [2.75, 3.05) is 25.5 Å². The molecule has 1 atom stereocenters. The van der Waals surface area contributed by atoms with Crippen molar-refractivity contribution in [3.63, 3.8) is 0 Å². The zero-order valence-corrected chi connectivity index (χ0v) is 13.9. The molecule has 1 amide bonds. The minimum atomic E-state index is -0.189. The Morgan fingerprint density at radius 1 is 1.35 bits per heavy atom. The average Bonchev–Trinajstić information content (AvgIpc) is 3.21. The number of rotatable bonds is 5. The van der Waals surface area contributed by atoms with Crippen LogP contribution in [-0.2, 0) is 4.79 Å². The van der Waals surface area contributed by atoms with Gasteiger partial charge in [0, 0.05) is 18.5 Å². The summed E-state index contributed by atoms with van der Waals surface area (Å²) < 4.78 is 3.93. The van der Waals surface area contributed by atoms with Gasteiger partial charge < -0.3 is 14.8 Å². The van der Waals surface area contributed by atoms with Crippen molar-refractivity contribution in [1.29, 1.82) is 0 Å². The molecule has 3 heterocycles. The molecule has 124 valence electrons. The summed E-state index contributed by atoms with van der Waals surface area (Å²) in [6.07, 6.45) is 8.52. The van der Waals surface area contributed by atoms with Crippen LogP contribution in [0.4, 0.5) is 5.82 Å². The van der Waals surface area contributed by atoms with Crippen molar-refractivity contribution in [3.8, 4) is 0 Å². The molecule has 6 nitrogen and oxygen atoms in total. The Labute approximate surface area is 137 Å². The highest BCUT2D eigenvalue weighted by Gasteiger charge is 2.23. The molecule has 1 aliphatic rings. The number of hydrogen-bond donors (Lipinski definition) is 1. The van der Waals surface area contributed by atoms with Crippen LogP contribution in [0.1, 0.15) is 38.3 Å². The molecular formula is C17H25N5O. The lowest BCUT2D eigenvalue weighted by Gasteiger charge is -2.30. The fraction of sp³-hybridized carbons (Fsp3) is 0.529. The van der Waals surface area contributed by atoms with Crippen LogP contribution in [0.2, 0.25) is 0 Å². The first-order chi connectivity index (χ1) is 11.2. The quantitative estimate of drug-likeness (QED) is 0.922. The van der Waals surface area contributed by atoms with Crippen molar-refractivity contribution in [1.82, 2.24) is 19.2 Å². The molecule has 1 fully saturated rings. The van der Waals surface area contributed by atoms with E-state index in [0.717, 1.165) is 38.2 Å². The summed E-state index contributed by atoms with van der Waals surface area (Å²) in [5.41, 5.74) is 0. The zero-order valence-electron chi connectivity index (χ0n) is 13.9. The van der Waals surface area contributed by atoms with E-state index in [1.165, 1.54) is 0 Å². The van der Waals surface area contributed by atoms with Crippen LogP contribution in [0.3, 0.4) is 0 Å². The van der Waals surface area contributed by atoms with Crippen molar-refractivity contribution in [3.05, 3.63) is 36.8 Å². The second-order valence-corrected chi connectivity index (χ2v) is 6.24. The smallest absolute Gasteiger partial charge is 0.248 e. The minimum Gasteiger partial charge on any atom is -0.342 e. The van der Waals surface area contributed by atoms with Crippen LogP contribution >= 0.6 is 0 Å². The summed E-state index contributed by atoms with van der Waals surface area (Å²) in [6, 6.07) is 5.95. The number of nitrogens with zero attached hydrogens (tertiary/aromatic N) is 4. The second kappa shape index (κ2) is 7.00. The molecule has 0 spiro atoms. The number of carbonyl (C=O) groups is 1. The van der Waals surface area contributed by atoms with E-state index >= 15 is 0 Å². The standard InChI is InChI=1S/C17H25N5O/c1-3-15(21-10-4-5-11-21)17(23)19-16-6-9-18-22(16)14-7-12-20(2)13-8-14/h4-6,9-11,14-15H,3,7-8,12-13H2,1-2H3,(H,19,23). The highest BCUT2D eigenvalue weighted by atomic mass is 16.2. The third-order valence-electron chi connectivity index (χ3n) is 4.63. The van der Waals surface area contributed by atoms with E-state index in [-0.39, 0.29) is 11.9 Å². The van der Waals surface area contributed by atoms with Gasteiger partial charge in [-0.1, -0.05) is 6.92 Å². The SMILES string of the molecule is CCC(C(=O)Nc1ccnn1C1CCN(C)CC1)n1cccc1. The van der Waals surface area contributed by atoms with Gasteiger partial charge in [-0.05, 0) is 51.5 Å². The van der Waals surface area contributed by atoms with Gasteiger partial charge in [0.05, 0.1) is 12.2 Å². The first kappa shape index (κ1) is 15.8. The highest BCUT2D eigenvalue weighted by Crippen LogP contribution is 2.25. The first-order valence-electron chi connectivity index (χ1n) is 8.34. The topological polar surface area (TPSA) is 55.1 Å². The van der Waals surface area contributed by atoms with Gasteiger partial charge in [-0.15, -0.1) is 0 Å². The maximum atomic E-state index is 12.6. The molecule has 0 bridgehead atoms. The third-order valence-corrected chi connectivity index (χ3v) is 4.63. The Bertz CT molecular complexity index is 625. The summed E-state index contributed by atoms with van der Waals surface area (Å²) >= 11 is 0. The summed E-state index contributed by atoms with van der Waals surface area (Å²) in [4.78, 5) is 15.0. The van der Waals surface area contributed by atoms with E-state index in [2.05, 4.69) is 22.4 Å². The van der Waals surface area contributed by atoms with Gasteiger partial charge in [0.15, 0.2) is 0 Å². The Kier molecular flexibility index (Phi) is 4.81. The third kappa shape index (κ3) is 3.47. The molecule has 1 aliphatic heterocycles. The van der Waals surface area contributed by atoms with E-state index in [1.807, 2.05) is 46.8 Å². The highest BCUT2D eigenvalue weighted by molar-refractivity contribution is 5.93. The molecule has 0 radical (unpaired) electrons. The normalized spacial score (nSPS) is 18.0. The maximum Gasteiger partial charge on any atom is 0.248 e. The number of anilines is 1. The molecule has 6 heteroatoms. The Morgan fingerprint density at radius 2 is 2.04 bits per heavy atom. The van der Waals surface area contributed by atoms with Gasteiger partial charge in [-0.2, -0.15) is 5.10 Å². The number of amides is 1. The van der Waals surface area contributed by atoms with Gasteiger partial charge in [0.1, 0.15) is 11.9 Å². The fourth-order valence-electron chi connectivity index (χ4n) is 3.24. The molecule has 3 rings (SSSR count). The summed E-state index contributed by atoms with van der Waals surface area (Å²) in [5.74, 6) is 0.813. The zero-order chi connectivity index (χ0) is 16.2. The van der Waals surface area contributed by atoms with E-state index in [4.69, 9.17) is 0 Å². The molecule has 2 aromatic rings. The van der Waals surface area contributed by atoms with Crippen LogP contribution in [-0.4, -0.2) is 45.3 Å². The summed E-state index contributed by atoms with van der Waals surface area (Å²) in [6.45, 7) is 4.16. The lowest BCUT2D eigenvalue weighted by Crippen LogP contribution is -2.33. The molecule has 23 heavy (non-hydrogen) atoms. The van der Waals surface area contributed by atoms with Gasteiger partial charge in [0.2, 0.25) is 5.91 Å². The maximum absolute atomic E-state index is 12.6. The minimum absolute atomic E-state index is 0.0124. The number of aromatic nitrogens is 3. The van der Waals surface area contributed by atoms with Crippen molar-refractivity contribution in [2.24, 2.45) is 0 Å². The van der Waals surface area contributed by atoms with Crippen LogP contribution in [0.15, 0.2) is 36.8 Å². The van der Waals surface area contributed by atoms with Crippen LogP contribution in [0, 0.1) is 0 Å². The number of likely N-dealkylation sites (tertiary alicyclic amines) is 1. The molecule has 1 unspecified atom stereocenters. The van der Waals surface area contributed by atoms with E-state index in [0.29, 0.717) is 6.04 Å². The lowest BCUT2D eigenvalue weighted by atomic mass is 10.1. The van der Waals surface area contributed by atoms with E-state index in [1.54, 1.807) is 6.20 Å². The number of piperidine rings is 1. The van der Waals surface area contributed by atoms with Crippen molar-refractivity contribution in [2.45, 2.75) is 38.3 Å². The Balaban J connectivity index is 1.71. The first-order valence-corrected chi connectivity index (χ1v) is 8.34. The average molecular weight is 315 g/mol. The fourth-order valence-corrected chi connectivity index (χ4v) is 3.24. The number of hydrogen-bond acceptors (Lipinski definition) is 3. The molecular weight excluding hydrogens is 290 g/mol. The lowest BCUT2D eigenvalue weighted by molar-refractivity contribution is -0.119. The molecule has 0 saturated carbocycles. The van der Waals surface area contributed by atoms with Gasteiger partial charge in [-0.3, -0.25) is 4.79 Å². The van der Waals surface area contributed by atoms with E-state index < -0.39 is 0 Å². The predicted molar refractivity (Wildman–Crippen MR) is 90.4 cm³/mol. The molecule has 0 aromatic carbocycles. The van der Waals surface area contributed by atoms with Gasteiger partial charge in [0.25, 0.3) is 0 Å². The number of carbonyl (C=O) groups excluding carboxylic acids is 1. The number of nitrogens with one attached hydrogen (secondary N) is 1. The second-order valence-electron chi connectivity index (χ2n) is 6.24. The van der Waals surface area contributed by atoms with Crippen LogP contribution < -0.4 is 5.32 Å². The van der Waals surface area contributed by atoms with Crippen molar-refractivity contribution < 1.29 is 4.79 Å².